The highest BCUT2D eigenvalue weighted by molar-refractivity contribution is 5.98. The number of carbonyl (C=O) groups is 1. The van der Waals surface area contributed by atoms with Gasteiger partial charge in [-0.05, 0) is 30.0 Å². The summed E-state index contributed by atoms with van der Waals surface area (Å²) in [4.78, 5) is 12.3. The Morgan fingerprint density at radius 3 is 2.06 bits per heavy atom. The molecule has 0 atom stereocenters. The fourth-order valence-electron chi connectivity index (χ4n) is 1.86. The van der Waals surface area contributed by atoms with Crippen molar-refractivity contribution in [3.8, 4) is 11.5 Å². The molecule has 1 rings (SSSR count). The van der Waals surface area contributed by atoms with E-state index in [9.17, 15) is 4.79 Å². The van der Waals surface area contributed by atoms with Crippen molar-refractivity contribution >= 4 is 5.78 Å². The van der Waals surface area contributed by atoms with E-state index in [-0.39, 0.29) is 11.2 Å². The molecule has 0 bridgehead atoms. The predicted molar refractivity (Wildman–Crippen MR) is 72.7 cm³/mol. The second-order valence-corrected chi connectivity index (χ2v) is 5.68. The summed E-state index contributed by atoms with van der Waals surface area (Å²) in [7, 11) is 3.17. The Kier molecular flexibility index (Phi) is 4.38. The number of ketones is 1. The number of benzene rings is 1. The van der Waals surface area contributed by atoms with Crippen LogP contribution in [0.3, 0.4) is 0 Å². The van der Waals surface area contributed by atoms with E-state index in [2.05, 4.69) is 20.8 Å². The Morgan fingerprint density at radius 1 is 1.11 bits per heavy atom. The number of carbonyl (C=O) groups excluding carboxylic acids is 1. The number of rotatable bonds is 4. The van der Waals surface area contributed by atoms with Crippen molar-refractivity contribution in [1.29, 1.82) is 0 Å². The van der Waals surface area contributed by atoms with Crippen LogP contribution in [0.2, 0.25) is 0 Å². The fraction of sp³-hybridized carbons (Fsp3) is 0.533. The molecule has 0 radical (unpaired) electrons. The first-order chi connectivity index (χ1) is 8.28. The largest absolute Gasteiger partial charge is 0.493 e. The van der Waals surface area contributed by atoms with E-state index in [1.54, 1.807) is 20.3 Å². The Labute approximate surface area is 109 Å². The average molecular weight is 250 g/mol. The van der Waals surface area contributed by atoms with E-state index in [1.165, 1.54) is 0 Å². The van der Waals surface area contributed by atoms with Gasteiger partial charge in [0, 0.05) is 12.0 Å². The molecule has 0 unspecified atom stereocenters. The summed E-state index contributed by atoms with van der Waals surface area (Å²) in [6, 6.07) is 3.61. The first-order valence-electron chi connectivity index (χ1n) is 6.04. The molecule has 0 N–H and O–H groups in total. The second kappa shape index (κ2) is 5.42. The van der Waals surface area contributed by atoms with Gasteiger partial charge in [-0.15, -0.1) is 0 Å². The van der Waals surface area contributed by atoms with Gasteiger partial charge < -0.3 is 9.47 Å². The Balaban J connectivity index is 3.13. The zero-order valence-electron chi connectivity index (χ0n) is 12.1. The van der Waals surface area contributed by atoms with Crippen molar-refractivity contribution in [1.82, 2.24) is 0 Å². The van der Waals surface area contributed by atoms with Crippen molar-refractivity contribution in [3.63, 3.8) is 0 Å². The second-order valence-electron chi connectivity index (χ2n) is 5.68. The Hall–Kier alpha value is -1.51. The molecule has 0 aromatic heterocycles. The highest BCUT2D eigenvalue weighted by atomic mass is 16.5. The van der Waals surface area contributed by atoms with E-state index in [1.807, 2.05) is 13.0 Å². The van der Waals surface area contributed by atoms with Gasteiger partial charge in [-0.3, -0.25) is 4.79 Å². The van der Waals surface area contributed by atoms with Crippen LogP contribution < -0.4 is 9.47 Å². The molecular formula is C15H22O3. The van der Waals surface area contributed by atoms with Crippen molar-refractivity contribution in [2.45, 2.75) is 34.1 Å². The van der Waals surface area contributed by atoms with Gasteiger partial charge >= 0.3 is 0 Å². The van der Waals surface area contributed by atoms with Gasteiger partial charge in [0.1, 0.15) is 0 Å². The van der Waals surface area contributed by atoms with E-state index in [0.717, 1.165) is 5.56 Å². The molecule has 3 nitrogen and oxygen atoms in total. The predicted octanol–water partition coefficient (Wildman–Crippen LogP) is 3.63. The van der Waals surface area contributed by atoms with Gasteiger partial charge in [-0.25, -0.2) is 0 Å². The van der Waals surface area contributed by atoms with Gasteiger partial charge in [0.2, 0.25) is 0 Å². The maximum atomic E-state index is 12.3. The minimum atomic E-state index is -0.0172. The van der Waals surface area contributed by atoms with Crippen LogP contribution in [0.1, 0.15) is 43.1 Å². The summed E-state index contributed by atoms with van der Waals surface area (Å²) in [5.74, 6) is 1.39. The molecule has 18 heavy (non-hydrogen) atoms. The number of hydrogen-bond donors (Lipinski definition) is 0. The molecule has 1 aromatic rings. The zero-order chi connectivity index (χ0) is 13.9. The Bertz CT molecular complexity index is 442. The summed E-state index contributed by atoms with van der Waals surface area (Å²) in [6.07, 6.45) is 0.517. The molecular weight excluding hydrogens is 228 g/mol. The molecule has 0 aliphatic heterocycles. The minimum Gasteiger partial charge on any atom is -0.493 e. The number of ether oxygens (including phenoxy) is 2. The third-order valence-corrected chi connectivity index (χ3v) is 2.72. The zero-order valence-corrected chi connectivity index (χ0v) is 12.1. The molecule has 1 aromatic carbocycles. The third kappa shape index (κ3) is 3.49. The van der Waals surface area contributed by atoms with E-state index >= 15 is 0 Å². The molecule has 0 aliphatic carbocycles. The van der Waals surface area contributed by atoms with Gasteiger partial charge in [0.15, 0.2) is 17.3 Å². The fourth-order valence-corrected chi connectivity index (χ4v) is 1.86. The Morgan fingerprint density at radius 2 is 1.61 bits per heavy atom. The number of aryl methyl sites for hydroxylation is 1. The summed E-state index contributed by atoms with van der Waals surface area (Å²) in [5.41, 5.74) is 1.61. The molecule has 100 valence electrons. The summed E-state index contributed by atoms with van der Waals surface area (Å²) in [6.45, 7) is 8.08. The van der Waals surface area contributed by atoms with Crippen LogP contribution in [0.25, 0.3) is 0 Å². The monoisotopic (exact) mass is 250 g/mol. The first-order valence-corrected chi connectivity index (χ1v) is 6.04. The summed E-state index contributed by atoms with van der Waals surface area (Å²) in [5, 5.41) is 0. The quantitative estimate of drug-likeness (QED) is 0.765. The molecule has 0 aliphatic rings. The first kappa shape index (κ1) is 14.6. The van der Waals surface area contributed by atoms with Crippen LogP contribution in [0, 0.1) is 12.3 Å². The van der Waals surface area contributed by atoms with Gasteiger partial charge in [0.05, 0.1) is 14.2 Å². The molecule has 3 heteroatoms. The van der Waals surface area contributed by atoms with Gasteiger partial charge in [-0.1, -0.05) is 20.8 Å². The van der Waals surface area contributed by atoms with Crippen molar-refractivity contribution < 1.29 is 14.3 Å². The van der Waals surface area contributed by atoms with Gasteiger partial charge in [0.25, 0.3) is 0 Å². The molecule has 0 spiro atoms. The number of Topliss-reactive ketones (excluding diaryl/α,β-unsaturated/α-hetero) is 1. The van der Waals surface area contributed by atoms with E-state index in [0.29, 0.717) is 23.5 Å². The number of methoxy groups -OCH3 is 2. The van der Waals surface area contributed by atoms with Crippen LogP contribution in [0.5, 0.6) is 11.5 Å². The smallest absolute Gasteiger partial charge is 0.163 e. The van der Waals surface area contributed by atoms with Crippen LogP contribution >= 0.6 is 0 Å². The van der Waals surface area contributed by atoms with Crippen molar-refractivity contribution in [2.75, 3.05) is 14.2 Å². The highest BCUT2D eigenvalue weighted by Gasteiger charge is 2.20. The third-order valence-electron chi connectivity index (χ3n) is 2.72. The van der Waals surface area contributed by atoms with Crippen LogP contribution in [0.15, 0.2) is 12.1 Å². The van der Waals surface area contributed by atoms with Crippen LogP contribution in [0.4, 0.5) is 0 Å². The molecule has 0 amide bonds. The van der Waals surface area contributed by atoms with Crippen LogP contribution in [-0.4, -0.2) is 20.0 Å². The van der Waals surface area contributed by atoms with Crippen molar-refractivity contribution in [3.05, 3.63) is 23.3 Å². The summed E-state index contributed by atoms with van der Waals surface area (Å²) >= 11 is 0. The lowest BCUT2D eigenvalue weighted by molar-refractivity contribution is 0.0939. The molecule has 0 saturated heterocycles. The molecule has 0 saturated carbocycles. The summed E-state index contributed by atoms with van der Waals surface area (Å²) < 4.78 is 10.5. The standard InChI is InChI=1S/C15H22O3/c1-10-7-13(17-5)14(18-6)8-11(10)12(16)9-15(2,3)4/h7-8H,9H2,1-6H3. The van der Waals surface area contributed by atoms with Crippen LogP contribution in [-0.2, 0) is 0 Å². The maximum Gasteiger partial charge on any atom is 0.163 e. The molecule has 0 heterocycles. The minimum absolute atomic E-state index is 0.0172. The molecule has 0 fully saturated rings. The normalized spacial score (nSPS) is 11.2. The lowest BCUT2D eigenvalue weighted by Gasteiger charge is -2.18. The highest BCUT2D eigenvalue weighted by Crippen LogP contribution is 2.32. The maximum absolute atomic E-state index is 12.3. The average Bonchev–Trinajstić information content (AvgIpc) is 2.26. The topological polar surface area (TPSA) is 35.5 Å². The number of hydrogen-bond acceptors (Lipinski definition) is 3. The lowest BCUT2D eigenvalue weighted by Crippen LogP contribution is -2.14. The van der Waals surface area contributed by atoms with E-state index in [4.69, 9.17) is 9.47 Å². The SMILES string of the molecule is COc1cc(C)c(C(=O)CC(C)(C)C)cc1OC. The lowest BCUT2D eigenvalue weighted by atomic mass is 9.87. The van der Waals surface area contributed by atoms with E-state index < -0.39 is 0 Å². The van der Waals surface area contributed by atoms with Gasteiger partial charge in [-0.2, -0.15) is 0 Å². The van der Waals surface area contributed by atoms with Crippen molar-refractivity contribution in [2.24, 2.45) is 5.41 Å².